The molecule has 0 bridgehead atoms. The van der Waals surface area contributed by atoms with E-state index >= 15 is 0 Å². The van der Waals surface area contributed by atoms with Gasteiger partial charge >= 0.3 is 7.48 Å². The van der Waals surface area contributed by atoms with Gasteiger partial charge < -0.3 is 14.2 Å². The maximum absolute atomic E-state index is 13.4. The van der Waals surface area contributed by atoms with Gasteiger partial charge in [-0.3, -0.25) is 0 Å². The van der Waals surface area contributed by atoms with E-state index in [9.17, 15) is 9.50 Å². The molecular formula is C18H19BFO3. The first kappa shape index (κ1) is 16.0. The highest BCUT2D eigenvalue weighted by Crippen LogP contribution is 2.29. The average Bonchev–Trinajstić information content (AvgIpc) is 2.81. The Morgan fingerprint density at radius 2 is 1.74 bits per heavy atom. The van der Waals surface area contributed by atoms with Gasteiger partial charge in [0.25, 0.3) is 0 Å². The van der Waals surface area contributed by atoms with Crippen LogP contribution in [-0.2, 0) is 4.65 Å². The summed E-state index contributed by atoms with van der Waals surface area (Å²) in [5.74, 6) is -0.286. The molecule has 3 aromatic rings. The molecule has 0 aliphatic heterocycles. The van der Waals surface area contributed by atoms with Crippen molar-refractivity contribution >= 4 is 34.9 Å². The molecule has 1 heterocycles. The largest absolute Gasteiger partial charge is 0.456 e. The number of hydrogen-bond donors (Lipinski definition) is 1. The van der Waals surface area contributed by atoms with Crippen molar-refractivity contribution in [2.75, 3.05) is 0 Å². The Balaban J connectivity index is 1.90. The zero-order valence-corrected chi connectivity index (χ0v) is 13.7. The molecule has 2 aromatic carbocycles. The molecule has 1 radical (unpaired) electrons. The van der Waals surface area contributed by atoms with Crippen molar-refractivity contribution in [1.29, 1.82) is 0 Å². The zero-order valence-electron chi connectivity index (χ0n) is 13.7. The van der Waals surface area contributed by atoms with E-state index in [0.29, 0.717) is 11.2 Å². The molecule has 0 aliphatic rings. The molecule has 3 rings (SSSR count). The summed E-state index contributed by atoms with van der Waals surface area (Å²) in [6, 6.07) is 10.1. The fraction of sp³-hybridized carbons (Fsp3) is 0.333. The maximum atomic E-state index is 13.4. The second kappa shape index (κ2) is 5.36. The standard InChI is InChI=1S/C18H19BFO3/c1-17(2,21)18(3,4)23-19-11-5-7-13-14-10-12(20)6-8-15(14)22-16(13)9-11/h5-10,21H,1-4H3. The van der Waals surface area contributed by atoms with Crippen LogP contribution in [0.15, 0.2) is 40.8 Å². The van der Waals surface area contributed by atoms with Gasteiger partial charge in [0.15, 0.2) is 0 Å². The lowest BCUT2D eigenvalue weighted by molar-refractivity contribution is -0.0893. The number of furan rings is 1. The van der Waals surface area contributed by atoms with Crippen LogP contribution in [0.25, 0.3) is 21.9 Å². The molecule has 0 unspecified atom stereocenters. The van der Waals surface area contributed by atoms with Crippen molar-refractivity contribution < 1.29 is 18.6 Å². The summed E-state index contributed by atoms with van der Waals surface area (Å²) in [6.45, 7) is 7.06. The monoisotopic (exact) mass is 313 g/mol. The third-order valence-corrected chi connectivity index (χ3v) is 4.42. The Bertz CT molecular complexity index is 862. The summed E-state index contributed by atoms with van der Waals surface area (Å²) >= 11 is 0. The van der Waals surface area contributed by atoms with E-state index in [-0.39, 0.29) is 5.82 Å². The molecular weight excluding hydrogens is 294 g/mol. The number of aliphatic hydroxyl groups is 1. The molecule has 0 saturated heterocycles. The van der Waals surface area contributed by atoms with Crippen molar-refractivity contribution in [2.24, 2.45) is 0 Å². The lowest BCUT2D eigenvalue weighted by Crippen LogP contribution is -2.49. The summed E-state index contributed by atoms with van der Waals surface area (Å²) in [6.07, 6.45) is 0. The van der Waals surface area contributed by atoms with E-state index in [2.05, 4.69) is 0 Å². The fourth-order valence-electron chi connectivity index (χ4n) is 2.20. The van der Waals surface area contributed by atoms with Crippen LogP contribution in [-0.4, -0.2) is 23.8 Å². The number of halogens is 1. The van der Waals surface area contributed by atoms with E-state index in [4.69, 9.17) is 9.07 Å². The van der Waals surface area contributed by atoms with E-state index in [1.54, 1.807) is 27.4 Å². The quantitative estimate of drug-likeness (QED) is 0.749. The van der Waals surface area contributed by atoms with E-state index < -0.39 is 11.2 Å². The first-order valence-electron chi connectivity index (χ1n) is 7.53. The predicted molar refractivity (Wildman–Crippen MR) is 90.5 cm³/mol. The van der Waals surface area contributed by atoms with Gasteiger partial charge in [0, 0.05) is 10.8 Å². The second-order valence-electron chi connectivity index (χ2n) is 6.80. The minimum atomic E-state index is -0.982. The second-order valence-corrected chi connectivity index (χ2v) is 6.80. The van der Waals surface area contributed by atoms with Gasteiger partial charge in [-0.25, -0.2) is 4.39 Å². The van der Waals surface area contributed by atoms with E-state index in [1.807, 2.05) is 32.0 Å². The first-order valence-corrected chi connectivity index (χ1v) is 7.53. The Hall–Kier alpha value is -1.85. The molecule has 0 amide bonds. The van der Waals surface area contributed by atoms with Gasteiger partial charge in [-0.2, -0.15) is 0 Å². The van der Waals surface area contributed by atoms with Crippen LogP contribution >= 0.6 is 0 Å². The van der Waals surface area contributed by atoms with Crippen molar-refractivity contribution in [2.45, 2.75) is 38.9 Å². The number of benzene rings is 2. The first-order chi connectivity index (χ1) is 10.7. The third kappa shape index (κ3) is 2.99. The molecule has 1 aromatic heterocycles. The van der Waals surface area contributed by atoms with Crippen LogP contribution in [0.5, 0.6) is 0 Å². The Labute approximate surface area is 135 Å². The van der Waals surface area contributed by atoms with Gasteiger partial charge in [-0.15, -0.1) is 0 Å². The van der Waals surface area contributed by atoms with Crippen LogP contribution in [0.3, 0.4) is 0 Å². The Kier molecular flexibility index (Phi) is 3.73. The molecule has 0 atom stereocenters. The third-order valence-electron chi connectivity index (χ3n) is 4.42. The summed E-state index contributed by atoms with van der Waals surface area (Å²) in [4.78, 5) is 0. The topological polar surface area (TPSA) is 42.6 Å². The van der Waals surface area contributed by atoms with Gasteiger partial charge in [0.1, 0.15) is 17.0 Å². The van der Waals surface area contributed by atoms with Gasteiger partial charge in [-0.05, 0) is 57.4 Å². The van der Waals surface area contributed by atoms with Crippen LogP contribution in [0.1, 0.15) is 27.7 Å². The van der Waals surface area contributed by atoms with Crippen molar-refractivity contribution in [1.82, 2.24) is 0 Å². The summed E-state index contributed by atoms with van der Waals surface area (Å²) in [5, 5.41) is 11.7. The van der Waals surface area contributed by atoms with Crippen LogP contribution in [0.2, 0.25) is 0 Å². The van der Waals surface area contributed by atoms with Crippen LogP contribution < -0.4 is 5.46 Å². The number of rotatable bonds is 4. The maximum Gasteiger partial charge on any atom is 0.331 e. The van der Waals surface area contributed by atoms with Crippen molar-refractivity contribution in [3.63, 3.8) is 0 Å². The molecule has 1 N–H and O–H groups in total. The lowest BCUT2D eigenvalue weighted by Gasteiger charge is -2.37. The van der Waals surface area contributed by atoms with E-state index in [1.165, 1.54) is 12.1 Å². The van der Waals surface area contributed by atoms with Gasteiger partial charge in [-0.1, -0.05) is 12.1 Å². The van der Waals surface area contributed by atoms with Gasteiger partial charge in [0.2, 0.25) is 0 Å². The summed E-state index contributed by atoms with van der Waals surface area (Å²) in [5.41, 5.74) is 0.415. The number of fused-ring (bicyclic) bond motifs is 3. The normalized spacial score (nSPS) is 13.0. The summed E-state index contributed by atoms with van der Waals surface area (Å²) < 4.78 is 24.9. The van der Waals surface area contributed by atoms with Crippen molar-refractivity contribution in [3.05, 3.63) is 42.2 Å². The zero-order chi connectivity index (χ0) is 16.8. The van der Waals surface area contributed by atoms with Gasteiger partial charge in [0.05, 0.1) is 11.2 Å². The number of hydrogen-bond acceptors (Lipinski definition) is 3. The Morgan fingerprint density at radius 1 is 1.00 bits per heavy atom. The predicted octanol–water partition coefficient (Wildman–Crippen LogP) is 3.54. The molecule has 3 nitrogen and oxygen atoms in total. The molecule has 5 heteroatoms. The minimum absolute atomic E-state index is 0.286. The fourth-order valence-corrected chi connectivity index (χ4v) is 2.20. The average molecular weight is 313 g/mol. The highest BCUT2D eigenvalue weighted by atomic mass is 19.1. The van der Waals surface area contributed by atoms with E-state index in [0.717, 1.165) is 16.2 Å². The minimum Gasteiger partial charge on any atom is -0.456 e. The Morgan fingerprint density at radius 3 is 2.43 bits per heavy atom. The SMILES string of the molecule is CC(C)(O)C(C)(C)O[B]c1ccc2c(c1)oc1ccc(F)cc12. The molecule has 0 aliphatic carbocycles. The molecule has 23 heavy (non-hydrogen) atoms. The highest BCUT2D eigenvalue weighted by molar-refractivity contribution is 6.47. The summed E-state index contributed by atoms with van der Waals surface area (Å²) in [7, 11) is 1.60. The van der Waals surface area contributed by atoms with Crippen molar-refractivity contribution in [3.8, 4) is 0 Å². The lowest BCUT2D eigenvalue weighted by atomic mass is 9.82. The molecule has 0 saturated carbocycles. The smallest absolute Gasteiger partial charge is 0.331 e. The highest BCUT2D eigenvalue weighted by Gasteiger charge is 2.35. The molecule has 119 valence electrons. The molecule has 0 spiro atoms. The van der Waals surface area contributed by atoms with Crippen LogP contribution in [0, 0.1) is 5.82 Å². The molecule has 0 fully saturated rings. The van der Waals surface area contributed by atoms with Crippen LogP contribution in [0.4, 0.5) is 4.39 Å².